The zero-order valence-corrected chi connectivity index (χ0v) is 12.5. The number of nitrogens with one attached hydrogen (secondary N) is 1. The van der Waals surface area contributed by atoms with Gasteiger partial charge < -0.3 is 15.8 Å². The Morgan fingerprint density at radius 2 is 2.05 bits per heavy atom. The highest BCUT2D eigenvalue weighted by atomic mass is 35.5. The molecule has 6 heteroatoms. The lowest BCUT2D eigenvalue weighted by Gasteiger charge is -2.20. The van der Waals surface area contributed by atoms with Crippen LogP contribution < -0.4 is 11.1 Å². The van der Waals surface area contributed by atoms with Gasteiger partial charge in [-0.05, 0) is 23.6 Å². The number of rotatable bonds is 5. The van der Waals surface area contributed by atoms with Crippen molar-refractivity contribution in [3.63, 3.8) is 0 Å². The summed E-state index contributed by atoms with van der Waals surface area (Å²) >= 11 is 5.80. The van der Waals surface area contributed by atoms with Crippen LogP contribution in [0.2, 0.25) is 5.02 Å². The minimum atomic E-state index is -0.666. The summed E-state index contributed by atoms with van der Waals surface area (Å²) in [6.07, 6.45) is 0.0865. The van der Waals surface area contributed by atoms with Crippen molar-refractivity contribution in [2.75, 3.05) is 12.8 Å². The van der Waals surface area contributed by atoms with Crippen molar-refractivity contribution in [2.45, 2.75) is 26.3 Å². The molecule has 0 radical (unpaired) electrons. The largest absolute Gasteiger partial charge is 0.467 e. The van der Waals surface area contributed by atoms with Gasteiger partial charge in [0.05, 0.1) is 13.5 Å². The number of benzene rings is 1. The number of carbonyl (C=O) groups is 2. The van der Waals surface area contributed by atoms with Gasteiger partial charge in [-0.3, -0.25) is 4.79 Å². The fourth-order valence-corrected chi connectivity index (χ4v) is 1.93. The van der Waals surface area contributed by atoms with Crippen molar-refractivity contribution in [1.82, 2.24) is 5.32 Å². The van der Waals surface area contributed by atoms with E-state index in [9.17, 15) is 9.59 Å². The number of hydrogen-bond acceptors (Lipinski definition) is 4. The molecule has 3 N–H and O–H groups in total. The highest BCUT2D eigenvalue weighted by molar-refractivity contribution is 6.30. The summed E-state index contributed by atoms with van der Waals surface area (Å²) in [5, 5.41) is 3.17. The molecule has 0 heterocycles. The zero-order chi connectivity index (χ0) is 15.3. The average molecular weight is 299 g/mol. The Hall–Kier alpha value is -1.75. The molecule has 0 saturated carbocycles. The Bertz CT molecular complexity index is 503. The maximum atomic E-state index is 12.0. The van der Waals surface area contributed by atoms with E-state index in [4.69, 9.17) is 17.3 Å². The molecule has 1 aromatic carbocycles. The van der Waals surface area contributed by atoms with Gasteiger partial charge in [0.1, 0.15) is 6.04 Å². The Morgan fingerprint density at radius 3 is 2.55 bits per heavy atom. The second kappa shape index (κ2) is 7.14. The lowest BCUT2D eigenvalue weighted by molar-refractivity contribution is -0.146. The Labute approximate surface area is 123 Å². The number of nitrogen functional groups attached to an aromatic ring is 1. The van der Waals surface area contributed by atoms with Crippen molar-refractivity contribution < 1.29 is 14.3 Å². The van der Waals surface area contributed by atoms with E-state index in [2.05, 4.69) is 10.1 Å². The third-order valence-electron chi connectivity index (χ3n) is 2.90. The molecule has 5 nitrogen and oxygen atoms in total. The number of esters is 1. The van der Waals surface area contributed by atoms with Crippen molar-refractivity contribution >= 4 is 29.2 Å². The van der Waals surface area contributed by atoms with Crippen LogP contribution >= 0.6 is 11.6 Å². The number of hydrogen-bond donors (Lipinski definition) is 2. The summed E-state index contributed by atoms with van der Waals surface area (Å²) in [7, 11) is 1.29. The molecule has 0 bridgehead atoms. The Morgan fingerprint density at radius 1 is 1.40 bits per heavy atom. The van der Waals surface area contributed by atoms with Crippen LogP contribution in [0.1, 0.15) is 19.4 Å². The average Bonchev–Trinajstić information content (AvgIpc) is 2.38. The van der Waals surface area contributed by atoms with Gasteiger partial charge in [-0.1, -0.05) is 31.5 Å². The van der Waals surface area contributed by atoms with E-state index in [0.717, 1.165) is 0 Å². The first-order chi connectivity index (χ1) is 9.35. The Kier molecular flexibility index (Phi) is 5.82. The van der Waals surface area contributed by atoms with Gasteiger partial charge in [0, 0.05) is 10.7 Å². The summed E-state index contributed by atoms with van der Waals surface area (Å²) in [5.41, 5.74) is 6.91. The number of ether oxygens (including phenoxy) is 1. The van der Waals surface area contributed by atoms with E-state index in [1.165, 1.54) is 7.11 Å². The SMILES string of the molecule is COC(=O)[C@H](NC(=O)Cc1ccc(Cl)cc1N)C(C)C. The van der Waals surface area contributed by atoms with Crippen LogP contribution in [0.25, 0.3) is 0 Å². The molecule has 20 heavy (non-hydrogen) atoms. The van der Waals surface area contributed by atoms with E-state index in [-0.39, 0.29) is 18.2 Å². The molecular formula is C14H19ClN2O3. The van der Waals surface area contributed by atoms with Crippen LogP contribution in [0.4, 0.5) is 5.69 Å². The van der Waals surface area contributed by atoms with E-state index >= 15 is 0 Å². The monoisotopic (exact) mass is 298 g/mol. The normalized spacial score (nSPS) is 12.1. The summed E-state index contributed by atoms with van der Waals surface area (Å²) < 4.78 is 4.67. The van der Waals surface area contributed by atoms with Gasteiger partial charge in [-0.15, -0.1) is 0 Å². The standard InChI is InChI=1S/C14H19ClN2O3/c1-8(2)13(14(19)20-3)17-12(18)6-9-4-5-10(15)7-11(9)16/h4-5,7-8,13H,6,16H2,1-3H3,(H,17,18)/t13-/m1/s1. The van der Waals surface area contributed by atoms with Crippen molar-refractivity contribution in [1.29, 1.82) is 0 Å². The molecule has 0 aromatic heterocycles. The molecule has 0 spiro atoms. The van der Waals surface area contributed by atoms with Gasteiger partial charge in [0.25, 0.3) is 0 Å². The lowest BCUT2D eigenvalue weighted by Crippen LogP contribution is -2.45. The fourth-order valence-electron chi connectivity index (χ4n) is 1.75. The van der Waals surface area contributed by atoms with Crippen LogP contribution in [0.3, 0.4) is 0 Å². The van der Waals surface area contributed by atoms with E-state index in [1.54, 1.807) is 18.2 Å². The van der Waals surface area contributed by atoms with E-state index < -0.39 is 12.0 Å². The smallest absolute Gasteiger partial charge is 0.328 e. The molecule has 1 atom stereocenters. The first-order valence-electron chi connectivity index (χ1n) is 6.26. The third-order valence-corrected chi connectivity index (χ3v) is 3.13. The van der Waals surface area contributed by atoms with Gasteiger partial charge in [-0.2, -0.15) is 0 Å². The molecule has 0 fully saturated rings. The van der Waals surface area contributed by atoms with Crippen LogP contribution in [-0.2, 0) is 20.7 Å². The van der Waals surface area contributed by atoms with Gasteiger partial charge in [-0.25, -0.2) is 4.79 Å². The molecule has 1 rings (SSSR count). The van der Waals surface area contributed by atoms with Crippen LogP contribution in [-0.4, -0.2) is 25.0 Å². The number of anilines is 1. The number of nitrogens with two attached hydrogens (primary N) is 1. The molecule has 1 amide bonds. The van der Waals surface area contributed by atoms with Crippen molar-refractivity contribution in [2.24, 2.45) is 5.92 Å². The molecule has 0 aliphatic rings. The van der Waals surface area contributed by atoms with Gasteiger partial charge in [0.15, 0.2) is 0 Å². The van der Waals surface area contributed by atoms with Crippen LogP contribution in [0.15, 0.2) is 18.2 Å². The third kappa shape index (κ3) is 4.42. The lowest BCUT2D eigenvalue weighted by atomic mass is 10.0. The summed E-state index contributed by atoms with van der Waals surface area (Å²) in [6.45, 7) is 3.66. The Balaban J connectivity index is 2.73. The maximum absolute atomic E-state index is 12.0. The second-order valence-electron chi connectivity index (χ2n) is 4.83. The number of amides is 1. The zero-order valence-electron chi connectivity index (χ0n) is 11.8. The highest BCUT2D eigenvalue weighted by Crippen LogP contribution is 2.18. The fraction of sp³-hybridized carbons (Fsp3) is 0.429. The molecule has 0 saturated heterocycles. The number of methoxy groups -OCH3 is 1. The minimum Gasteiger partial charge on any atom is -0.467 e. The molecular weight excluding hydrogens is 280 g/mol. The van der Waals surface area contributed by atoms with Crippen LogP contribution in [0, 0.1) is 5.92 Å². The number of halogens is 1. The summed E-state index contributed by atoms with van der Waals surface area (Å²) in [4.78, 5) is 23.6. The first-order valence-corrected chi connectivity index (χ1v) is 6.64. The van der Waals surface area contributed by atoms with Crippen molar-refractivity contribution in [3.8, 4) is 0 Å². The molecule has 0 aliphatic heterocycles. The molecule has 0 aliphatic carbocycles. The maximum Gasteiger partial charge on any atom is 0.328 e. The summed E-state index contributed by atoms with van der Waals surface area (Å²) in [6, 6.07) is 4.28. The minimum absolute atomic E-state index is 0.0611. The predicted molar refractivity (Wildman–Crippen MR) is 78.4 cm³/mol. The van der Waals surface area contributed by atoms with Crippen molar-refractivity contribution in [3.05, 3.63) is 28.8 Å². The second-order valence-corrected chi connectivity index (χ2v) is 5.27. The highest BCUT2D eigenvalue weighted by Gasteiger charge is 2.24. The summed E-state index contributed by atoms with van der Waals surface area (Å²) in [5.74, 6) is -0.811. The quantitative estimate of drug-likeness (QED) is 0.641. The van der Waals surface area contributed by atoms with E-state index in [0.29, 0.717) is 16.3 Å². The topological polar surface area (TPSA) is 81.4 Å². The first kappa shape index (κ1) is 16.3. The molecule has 1 aromatic rings. The molecule has 0 unspecified atom stereocenters. The molecule has 110 valence electrons. The number of carbonyl (C=O) groups excluding carboxylic acids is 2. The van der Waals surface area contributed by atoms with Crippen LogP contribution in [0.5, 0.6) is 0 Å². The van der Waals surface area contributed by atoms with Gasteiger partial charge >= 0.3 is 5.97 Å². The van der Waals surface area contributed by atoms with E-state index in [1.807, 2.05) is 13.8 Å². The van der Waals surface area contributed by atoms with Gasteiger partial charge in [0.2, 0.25) is 5.91 Å². The predicted octanol–water partition coefficient (Wildman–Crippen LogP) is 1.78.